The number of ketones is 1. The summed E-state index contributed by atoms with van der Waals surface area (Å²) in [6.07, 6.45) is 1.05. The number of aromatic nitrogens is 4. The summed E-state index contributed by atoms with van der Waals surface area (Å²) in [5.74, 6) is 1.30. The first-order valence-electron chi connectivity index (χ1n) is 9.24. The van der Waals surface area contributed by atoms with Crippen LogP contribution >= 0.6 is 11.8 Å². The highest BCUT2D eigenvalue weighted by Gasteiger charge is 2.18. The van der Waals surface area contributed by atoms with Gasteiger partial charge in [0.1, 0.15) is 5.82 Å². The van der Waals surface area contributed by atoms with E-state index in [4.69, 9.17) is 0 Å². The summed E-state index contributed by atoms with van der Waals surface area (Å²) in [5.41, 5.74) is 5.20. The number of hydrogen-bond acceptors (Lipinski definition) is 4. The maximum absolute atomic E-state index is 12.8. The van der Waals surface area contributed by atoms with Gasteiger partial charge in [-0.2, -0.15) is 0 Å². The van der Waals surface area contributed by atoms with Crippen LogP contribution < -0.4 is 0 Å². The second kappa shape index (κ2) is 8.13. The molecule has 0 aliphatic carbocycles. The largest absolute Gasteiger partial charge is 0.348 e. The van der Waals surface area contributed by atoms with E-state index in [9.17, 15) is 4.79 Å². The lowest BCUT2D eigenvalue weighted by Gasteiger charge is -2.09. The third kappa shape index (κ3) is 4.00. The maximum atomic E-state index is 12.8. The summed E-state index contributed by atoms with van der Waals surface area (Å²) >= 11 is 1.44. The molecule has 0 aliphatic rings. The van der Waals surface area contributed by atoms with Crippen molar-refractivity contribution in [1.29, 1.82) is 0 Å². The molecule has 0 unspecified atom stereocenters. The van der Waals surface area contributed by atoms with Gasteiger partial charge in [-0.1, -0.05) is 30.8 Å². The Morgan fingerprint density at radius 2 is 1.89 bits per heavy atom. The quantitative estimate of drug-likeness (QED) is 0.439. The molecule has 0 aliphatic heterocycles. The van der Waals surface area contributed by atoms with Crippen molar-refractivity contribution in [2.75, 3.05) is 5.75 Å². The third-order valence-electron chi connectivity index (χ3n) is 4.71. The molecule has 0 saturated carbocycles. The van der Waals surface area contributed by atoms with Crippen LogP contribution in [-0.2, 0) is 6.54 Å². The molecule has 2 aromatic heterocycles. The molecule has 2 heterocycles. The summed E-state index contributed by atoms with van der Waals surface area (Å²) in [6.45, 7) is 11.2. The second-order valence-corrected chi connectivity index (χ2v) is 7.79. The van der Waals surface area contributed by atoms with Crippen LogP contribution in [0.1, 0.15) is 46.5 Å². The van der Waals surface area contributed by atoms with Gasteiger partial charge in [0.25, 0.3) is 0 Å². The topological polar surface area (TPSA) is 52.7 Å². The van der Waals surface area contributed by atoms with Crippen molar-refractivity contribution in [3.63, 3.8) is 0 Å². The van der Waals surface area contributed by atoms with Crippen LogP contribution in [0, 0.1) is 27.7 Å². The molecule has 0 bridgehead atoms. The predicted octanol–water partition coefficient (Wildman–Crippen LogP) is 4.69. The van der Waals surface area contributed by atoms with Crippen molar-refractivity contribution in [3.05, 3.63) is 58.7 Å². The molecule has 0 atom stereocenters. The van der Waals surface area contributed by atoms with Crippen LogP contribution in [-0.4, -0.2) is 30.9 Å². The Morgan fingerprint density at radius 1 is 1.11 bits per heavy atom. The van der Waals surface area contributed by atoms with Crippen molar-refractivity contribution in [1.82, 2.24) is 19.3 Å². The van der Waals surface area contributed by atoms with Crippen LogP contribution in [0.3, 0.4) is 0 Å². The third-order valence-corrected chi connectivity index (χ3v) is 5.64. The van der Waals surface area contributed by atoms with E-state index in [1.54, 1.807) is 0 Å². The van der Waals surface area contributed by atoms with Gasteiger partial charge in [0, 0.05) is 29.2 Å². The van der Waals surface area contributed by atoms with Crippen molar-refractivity contribution in [2.45, 2.75) is 52.7 Å². The lowest BCUT2D eigenvalue weighted by Crippen LogP contribution is -2.07. The summed E-state index contributed by atoms with van der Waals surface area (Å²) in [6, 6.07) is 10.2. The van der Waals surface area contributed by atoms with Gasteiger partial charge in [-0.05, 0) is 57.9 Å². The van der Waals surface area contributed by atoms with Crippen LogP contribution in [0.5, 0.6) is 0 Å². The predicted molar refractivity (Wildman–Crippen MR) is 110 cm³/mol. The standard InChI is InChI=1S/C21H26N4OS/c1-6-10-24-15(3)12-19(16(24)4)20(26)13-27-21-23-22-17(5)25(21)18-9-7-8-14(2)11-18/h7-9,11-12H,6,10,13H2,1-5H3. The van der Waals surface area contributed by atoms with E-state index in [0.717, 1.165) is 46.6 Å². The lowest BCUT2D eigenvalue weighted by molar-refractivity contribution is 0.102. The number of aryl methyl sites for hydroxylation is 3. The summed E-state index contributed by atoms with van der Waals surface area (Å²) in [4.78, 5) is 12.8. The van der Waals surface area contributed by atoms with Gasteiger partial charge in [-0.15, -0.1) is 10.2 Å². The first-order chi connectivity index (χ1) is 12.9. The van der Waals surface area contributed by atoms with Crippen LogP contribution in [0.15, 0.2) is 35.5 Å². The fourth-order valence-electron chi connectivity index (χ4n) is 3.36. The Morgan fingerprint density at radius 3 is 2.59 bits per heavy atom. The summed E-state index contributed by atoms with van der Waals surface area (Å²) in [5, 5.41) is 9.23. The Labute approximate surface area is 164 Å². The van der Waals surface area contributed by atoms with E-state index >= 15 is 0 Å². The molecule has 0 fully saturated rings. The molecule has 3 rings (SSSR count). The lowest BCUT2D eigenvalue weighted by atomic mass is 10.2. The molecule has 0 N–H and O–H groups in total. The Bertz CT molecular complexity index is 971. The average molecular weight is 383 g/mol. The minimum Gasteiger partial charge on any atom is -0.348 e. The van der Waals surface area contributed by atoms with Crippen LogP contribution in [0.2, 0.25) is 0 Å². The molecule has 0 saturated heterocycles. The van der Waals surface area contributed by atoms with E-state index in [2.05, 4.69) is 47.7 Å². The van der Waals surface area contributed by atoms with Gasteiger partial charge in [0.2, 0.25) is 0 Å². The summed E-state index contributed by atoms with van der Waals surface area (Å²) in [7, 11) is 0. The summed E-state index contributed by atoms with van der Waals surface area (Å²) < 4.78 is 4.22. The fourth-order valence-corrected chi connectivity index (χ4v) is 4.24. The van der Waals surface area contributed by atoms with E-state index in [-0.39, 0.29) is 5.78 Å². The molecule has 3 aromatic rings. The molecule has 0 amide bonds. The minimum absolute atomic E-state index is 0.131. The van der Waals surface area contributed by atoms with Crippen molar-refractivity contribution < 1.29 is 4.79 Å². The molecule has 5 nitrogen and oxygen atoms in total. The molecular formula is C21H26N4OS. The minimum atomic E-state index is 0.131. The molecule has 142 valence electrons. The molecule has 6 heteroatoms. The zero-order valence-electron chi connectivity index (χ0n) is 16.6. The van der Waals surface area contributed by atoms with Gasteiger partial charge in [-0.25, -0.2) is 0 Å². The first-order valence-corrected chi connectivity index (χ1v) is 10.2. The number of Topliss-reactive ketones (excluding diaryl/α,β-unsaturated/α-hetero) is 1. The smallest absolute Gasteiger partial charge is 0.196 e. The van der Waals surface area contributed by atoms with Crippen LogP contribution in [0.4, 0.5) is 0 Å². The highest BCUT2D eigenvalue weighted by Crippen LogP contribution is 2.24. The molecule has 27 heavy (non-hydrogen) atoms. The fraction of sp³-hybridized carbons (Fsp3) is 0.381. The Kier molecular flexibility index (Phi) is 5.85. The first kappa shape index (κ1) is 19.4. The monoisotopic (exact) mass is 382 g/mol. The van der Waals surface area contributed by atoms with Crippen molar-refractivity contribution in [2.24, 2.45) is 0 Å². The Hall–Kier alpha value is -2.34. The zero-order valence-corrected chi connectivity index (χ0v) is 17.4. The number of hydrogen-bond donors (Lipinski definition) is 0. The van der Waals surface area contributed by atoms with E-state index in [1.165, 1.54) is 17.3 Å². The van der Waals surface area contributed by atoms with Gasteiger partial charge >= 0.3 is 0 Å². The SMILES string of the molecule is CCCn1c(C)cc(C(=O)CSc2nnc(C)n2-c2cccc(C)c2)c1C. The van der Waals surface area contributed by atoms with E-state index in [1.807, 2.05) is 36.6 Å². The Balaban J connectivity index is 1.80. The number of nitrogens with zero attached hydrogens (tertiary/aromatic N) is 4. The van der Waals surface area contributed by atoms with Gasteiger partial charge in [-0.3, -0.25) is 9.36 Å². The second-order valence-electron chi connectivity index (χ2n) is 6.85. The normalized spacial score (nSPS) is 11.1. The molecule has 0 radical (unpaired) electrons. The molecule has 1 aromatic carbocycles. The zero-order chi connectivity index (χ0) is 19.6. The maximum Gasteiger partial charge on any atom is 0.196 e. The van der Waals surface area contributed by atoms with Gasteiger partial charge in [0.15, 0.2) is 10.9 Å². The highest BCUT2D eigenvalue weighted by molar-refractivity contribution is 7.99. The number of rotatable bonds is 7. The van der Waals surface area contributed by atoms with E-state index in [0.29, 0.717) is 5.75 Å². The molecular weight excluding hydrogens is 356 g/mol. The van der Waals surface area contributed by atoms with Crippen molar-refractivity contribution in [3.8, 4) is 5.69 Å². The van der Waals surface area contributed by atoms with Gasteiger partial charge in [0.05, 0.1) is 5.75 Å². The number of carbonyl (C=O) groups is 1. The number of carbonyl (C=O) groups excluding carboxylic acids is 1. The van der Waals surface area contributed by atoms with Crippen molar-refractivity contribution >= 4 is 17.5 Å². The number of thioether (sulfide) groups is 1. The number of benzene rings is 1. The molecule has 0 spiro atoms. The average Bonchev–Trinajstić information content (AvgIpc) is 3.14. The van der Waals surface area contributed by atoms with E-state index < -0.39 is 0 Å². The van der Waals surface area contributed by atoms with Gasteiger partial charge < -0.3 is 4.57 Å². The highest BCUT2D eigenvalue weighted by atomic mass is 32.2. The van der Waals surface area contributed by atoms with Crippen LogP contribution in [0.25, 0.3) is 5.69 Å².